The third-order valence-electron chi connectivity index (χ3n) is 3.19. The number of nitrogens with one attached hydrogen (secondary N) is 1. The summed E-state index contributed by atoms with van der Waals surface area (Å²) in [5, 5.41) is 3.94. The number of ether oxygens (including phenoxy) is 1. The molecule has 0 aliphatic carbocycles. The molecular formula is C16H16BrClFNO. The summed E-state index contributed by atoms with van der Waals surface area (Å²) >= 11 is 9.63. The maximum absolute atomic E-state index is 13.3. The van der Waals surface area contributed by atoms with E-state index in [9.17, 15) is 4.39 Å². The van der Waals surface area contributed by atoms with Crippen molar-refractivity contribution in [2.45, 2.75) is 13.0 Å². The van der Waals surface area contributed by atoms with Gasteiger partial charge in [-0.1, -0.05) is 46.6 Å². The molecule has 0 saturated heterocycles. The first-order valence-corrected chi connectivity index (χ1v) is 7.75. The third-order valence-corrected chi connectivity index (χ3v) is 4.17. The molecular weight excluding hydrogens is 357 g/mol. The van der Waals surface area contributed by atoms with Crippen LogP contribution in [0.4, 0.5) is 4.39 Å². The summed E-state index contributed by atoms with van der Waals surface area (Å²) in [6.45, 7) is 2.80. The van der Waals surface area contributed by atoms with Crippen molar-refractivity contribution in [3.63, 3.8) is 0 Å². The maximum atomic E-state index is 13.3. The molecule has 0 aliphatic heterocycles. The average Bonchev–Trinajstić information content (AvgIpc) is 2.45. The number of hydrogen-bond acceptors (Lipinski definition) is 2. The van der Waals surface area contributed by atoms with Crippen LogP contribution in [-0.4, -0.2) is 13.7 Å². The average molecular weight is 373 g/mol. The van der Waals surface area contributed by atoms with Gasteiger partial charge in [-0.3, -0.25) is 0 Å². The van der Waals surface area contributed by atoms with E-state index in [0.29, 0.717) is 10.8 Å². The van der Waals surface area contributed by atoms with Gasteiger partial charge in [0.15, 0.2) is 0 Å². The quantitative estimate of drug-likeness (QED) is 0.802. The van der Waals surface area contributed by atoms with Crippen molar-refractivity contribution < 1.29 is 9.13 Å². The minimum atomic E-state index is -0.270. The van der Waals surface area contributed by atoms with Crippen molar-refractivity contribution in [2.24, 2.45) is 0 Å². The molecule has 21 heavy (non-hydrogen) atoms. The maximum Gasteiger partial charge on any atom is 0.137 e. The molecule has 0 heterocycles. The van der Waals surface area contributed by atoms with Crippen LogP contribution in [0.1, 0.15) is 24.1 Å². The van der Waals surface area contributed by atoms with E-state index in [1.54, 1.807) is 13.2 Å². The number of halogens is 3. The van der Waals surface area contributed by atoms with Crippen LogP contribution in [0.25, 0.3) is 0 Å². The van der Waals surface area contributed by atoms with Crippen LogP contribution in [0.3, 0.4) is 0 Å². The lowest BCUT2D eigenvalue weighted by Crippen LogP contribution is -2.22. The van der Waals surface area contributed by atoms with Crippen LogP contribution in [0.2, 0.25) is 5.02 Å². The van der Waals surface area contributed by atoms with Gasteiger partial charge in [-0.05, 0) is 41.9 Å². The SMILES string of the molecule is CCNC(c1ccc(OC)c(Cl)c1)c1ccc(F)cc1Br. The summed E-state index contributed by atoms with van der Waals surface area (Å²) in [5.41, 5.74) is 1.95. The van der Waals surface area contributed by atoms with Gasteiger partial charge in [0.1, 0.15) is 11.6 Å². The van der Waals surface area contributed by atoms with Crippen molar-refractivity contribution in [2.75, 3.05) is 13.7 Å². The summed E-state index contributed by atoms with van der Waals surface area (Å²) in [4.78, 5) is 0. The summed E-state index contributed by atoms with van der Waals surface area (Å²) in [6, 6.07) is 10.3. The summed E-state index contributed by atoms with van der Waals surface area (Å²) in [6.07, 6.45) is 0. The van der Waals surface area contributed by atoms with Gasteiger partial charge >= 0.3 is 0 Å². The molecule has 0 spiro atoms. The number of rotatable bonds is 5. The van der Waals surface area contributed by atoms with Crippen LogP contribution in [0, 0.1) is 5.82 Å². The molecule has 0 radical (unpaired) electrons. The van der Waals surface area contributed by atoms with E-state index in [1.807, 2.05) is 25.1 Å². The molecule has 2 aromatic rings. The summed E-state index contributed by atoms with van der Waals surface area (Å²) in [5.74, 6) is 0.363. The molecule has 1 unspecified atom stereocenters. The molecule has 2 rings (SSSR count). The Kier molecular flexibility index (Phi) is 5.62. The van der Waals surface area contributed by atoms with E-state index in [-0.39, 0.29) is 11.9 Å². The van der Waals surface area contributed by atoms with Crippen molar-refractivity contribution in [3.05, 3.63) is 62.8 Å². The molecule has 0 aliphatic rings. The zero-order valence-corrected chi connectivity index (χ0v) is 14.1. The zero-order chi connectivity index (χ0) is 15.4. The Labute approximate surface area is 137 Å². The van der Waals surface area contributed by atoms with Gasteiger partial charge in [0.05, 0.1) is 18.2 Å². The lowest BCUT2D eigenvalue weighted by Gasteiger charge is -2.21. The first-order chi connectivity index (χ1) is 10.1. The van der Waals surface area contributed by atoms with Gasteiger partial charge in [-0.25, -0.2) is 4.39 Å². The third kappa shape index (κ3) is 3.76. The van der Waals surface area contributed by atoms with Crippen LogP contribution in [0.5, 0.6) is 5.75 Å². The second kappa shape index (κ2) is 7.25. The minimum absolute atomic E-state index is 0.0756. The van der Waals surface area contributed by atoms with E-state index < -0.39 is 0 Å². The van der Waals surface area contributed by atoms with Crippen LogP contribution < -0.4 is 10.1 Å². The lowest BCUT2D eigenvalue weighted by molar-refractivity contribution is 0.414. The molecule has 5 heteroatoms. The van der Waals surface area contributed by atoms with Crippen molar-refractivity contribution in [1.82, 2.24) is 5.32 Å². The van der Waals surface area contributed by atoms with E-state index >= 15 is 0 Å². The molecule has 1 atom stereocenters. The van der Waals surface area contributed by atoms with Gasteiger partial charge in [0, 0.05) is 4.47 Å². The Morgan fingerprint density at radius 3 is 2.62 bits per heavy atom. The molecule has 0 amide bonds. The fourth-order valence-corrected chi connectivity index (χ4v) is 3.06. The monoisotopic (exact) mass is 371 g/mol. The standard InChI is InChI=1S/C16H16BrClFNO/c1-3-20-16(12-6-5-11(19)9-13(12)17)10-4-7-15(21-2)14(18)8-10/h4-9,16,20H,3H2,1-2H3. The number of methoxy groups -OCH3 is 1. The second-order valence-corrected chi connectivity index (χ2v) is 5.81. The Morgan fingerprint density at radius 1 is 1.29 bits per heavy atom. The fourth-order valence-electron chi connectivity index (χ4n) is 2.21. The Hall–Kier alpha value is -1.10. The van der Waals surface area contributed by atoms with Crippen LogP contribution in [0.15, 0.2) is 40.9 Å². The van der Waals surface area contributed by atoms with Crippen LogP contribution in [-0.2, 0) is 0 Å². The van der Waals surface area contributed by atoms with Gasteiger partial charge in [0.25, 0.3) is 0 Å². The Balaban J connectivity index is 2.45. The largest absolute Gasteiger partial charge is 0.495 e. The molecule has 1 N–H and O–H groups in total. The highest BCUT2D eigenvalue weighted by Crippen LogP contribution is 2.33. The molecule has 112 valence electrons. The molecule has 0 saturated carbocycles. The van der Waals surface area contributed by atoms with Gasteiger partial charge in [0.2, 0.25) is 0 Å². The molecule has 0 aromatic heterocycles. The van der Waals surface area contributed by atoms with Gasteiger partial charge in [-0.15, -0.1) is 0 Å². The molecule has 0 bridgehead atoms. The number of hydrogen-bond donors (Lipinski definition) is 1. The molecule has 0 fully saturated rings. The van der Waals surface area contributed by atoms with Crippen molar-refractivity contribution in [1.29, 1.82) is 0 Å². The predicted molar refractivity (Wildman–Crippen MR) is 87.6 cm³/mol. The van der Waals surface area contributed by atoms with Crippen molar-refractivity contribution in [3.8, 4) is 5.75 Å². The topological polar surface area (TPSA) is 21.3 Å². The van der Waals surface area contributed by atoms with Gasteiger partial charge in [-0.2, -0.15) is 0 Å². The Bertz CT molecular complexity index is 636. The highest BCUT2D eigenvalue weighted by molar-refractivity contribution is 9.10. The first-order valence-electron chi connectivity index (χ1n) is 6.58. The molecule has 2 nitrogen and oxygen atoms in total. The predicted octanol–water partition coefficient (Wildman–Crippen LogP) is 4.95. The number of benzene rings is 2. The van der Waals surface area contributed by atoms with E-state index in [4.69, 9.17) is 16.3 Å². The highest BCUT2D eigenvalue weighted by Gasteiger charge is 2.17. The van der Waals surface area contributed by atoms with Crippen LogP contribution >= 0.6 is 27.5 Å². The zero-order valence-electron chi connectivity index (χ0n) is 11.8. The summed E-state index contributed by atoms with van der Waals surface area (Å²) in [7, 11) is 1.58. The van der Waals surface area contributed by atoms with E-state index in [2.05, 4.69) is 21.2 Å². The normalized spacial score (nSPS) is 12.2. The highest BCUT2D eigenvalue weighted by atomic mass is 79.9. The first kappa shape index (κ1) is 16.3. The Morgan fingerprint density at radius 2 is 2.05 bits per heavy atom. The van der Waals surface area contributed by atoms with E-state index in [1.165, 1.54) is 12.1 Å². The molecule has 2 aromatic carbocycles. The minimum Gasteiger partial charge on any atom is -0.495 e. The lowest BCUT2D eigenvalue weighted by atomic mass is 9.98. The smallest absolute Gasteiger partial charge is 0.137 e. The second-order valence-electron chi connectivity index (χ2n) is 4.55. The van der Waals surface area contributed by atoms with Crippen molar-refractivity contribution >= 4 is 27.5 Å². The summed E-state index contributed by atoms with van der Waals surface area (Å²) < 4.78 is 19.2. The fraction of sp³-hybridized carbons (Fsp3) is 0.250. The van der Waals surface area contributed by atoms with Gasteiger partial charge < -0.3 is 10.1 Å². The van der Waals surface area contributed by atoms with E-state index in [0.717, 1.165) is 22.1 Å².